The molecule has 1 atom stereocenters. The largest absolute Gasteiger partial charge is 0.419 e. The first-order chi connectivity index (χ1) is 7.25. The zero-order chi connectivity index (χ0) is 12.5. The molecule has 90 valence electrons. The average molecular weight is 277 g/mol. The van der Waals surface area contributed by atoms with Gasteiger partial charge in [-0.15, -0.1) is 23.2 Å². The van der Waals surface area contributed by atoms with Crippen LogP contribution in [0.3, 0.4) is 0 Å². The highest BCUT2D eigenvalue weighted by Gasteiger charge is 2.36. The Bertz CT molecular complexity index is 378. The van der Waals surface area contributed by atoms with Crippen molar-refractivity contribution in [2.24, 2.45) is 0 Å². The van der Waals surface area contributed by atoms with Crippen LogP contribution in [-0.2, 0) is 6.18 Å². The lowest BCUT2D eigenvalue weighted by atomic mass is 10.1. The van der Waals surface area contributed by atoms with E-state index in [2.05, 4.69) is 0 Å². The monoisotopic (exact) mass is 276 g/mol. The predicted octanol–water partition coefficient (Wildman–Crippen LogP) is 3.68. The minimum Gasteiger partial charge on any atom is -0.385 e. The van der Waals surface area contributed by atoms with Gasteiger partial charge in [-0.2, -0.15) is 13.2 Å². The molecule has 0 saturated carbocycles. The Kier molecular flexibility index (Phi) is 4.04. The van der Waals surface area contributed by atoms with Crippen molar-refractivity contribution in [3.05, 3.63) is 35.1 Å². The van der Waals surface area contributed by atoms with Gasteiger partial charge in [0, 0.05) is 5.56 Å². The first-order valence-electron chi connectivity index (χ1n) is 4.07. The number of halogens is 6. The van der Waals surface area contributed by atoms with Crippen molar-refractivity contribution in [1.29, 1.82) is 0 Å². The fourth-order valence-electron chi connectivity index (χ4n) is 1.13. The minimum atomic E-state index is -4.83. The van der Waals surface area contributed by atoms with Crippen LogP contribution in [0, 0.1) is 5.82 Å². The van der Waals surface area contributed by atoms with E-state index in [1.54, 1.807) is 0 Å². The molecule has 0 heterocycles. The zero-order valence-electron chi connectivity index (χ0n) is 7.60. The van der Waals surface area contributed by atoms with E-state index in [0.717, 1.165) is 12.1 Å². The summed E-state index contributed by atoms with van der Waals surface area (Å²) in [6.07, 6.45) is -6.53. The molecular weight excluding hydrogens is 271 g/mol. The fourth-order valence-corrected chi connectivity index (χ4v) is 1.40. The highest BCUT2D eigenvalue weighted by molar-refractivity contribution is 6.44. The van der Waals surface area contributed by atoms with Gasteiger partial charge in [-0.3, -0.25) is 0 Å². The SMILES string of the molecule is OC(c1cccc(C(F)(F)F)c1F)C(Cl)Cl. The van der Waals surface area contributed by atoms with E-state index in [1.165, 1.54) is 0 Å². The number of benzene rings is 1. The van der Waals surface area contributed by atoms with Crippen LogP contribution in [0.1, 0.15) is 17.2 Å². The Morgan fingerprint density at radius 3 is 2.19 bits per heavy atom. The Hall–Kier alpha value is -0.520. The van der Waals surface area contributed by atoms with Crippen molar-refractivity contribution in [2.45, 2.75) is 17.1 Å². The van der Waals surface area contributed by atoms with E-state index in [-0.39, 0.29) is 0 Å². The smallest absolute Gasteiger partial charge is 0.385 e. The zero-order valence-corrected chi connectivity index (χ0v) is 9.11. The number of hydrogen-bond donors (Lipinski definition) is 1. The topological polar surface area (TPSA) is 20.2 Å². The van der Waals surface area contributed by atoms with Crippen LogP contribution in [0.15, 0.2) is 18.2 Å². The highest BCUT2D eigenvalue weighted by Crippen LogP contribution is 2.35. The van der Waals surface area contributed by atoms with Crippen molar-refractivity contribution in [2.75, 3.05) is 0 Å². The molecule has 0 aliphatic heterocycles. The van der Waals surface area contributed by atoms with E-state index >= 15 is 0 Å². The number of alkyl halides is 5. The molecule has 1 aromatic carbocycles. The lowest BCUT2D eigenvalue weighted by Crippen LogP contribution is -2.14. The van der Waals surface area contributed by atoms with Crippen LogP contribution < -0.4 is 0 Å². The molecule has 1 unspecified atom stereocenters. The lowest BCUT2D eigenvalue weighted by Gasteiger charge is -2.15. The summed E-state index contributed by atoms with van der Waals surface area (Å²) in [4.78, 5) is -1.40. The third-order valence-corrected chi connectivity index (χ3v) is 2.37. The van der Waals surface area contributed by atoms with Gasteiger partial charge in [0.2, 0.25) is 0 Å². The van der Waals surface area contributed by atoms with Crippen LogP contribution in [-0.4, -0.2) is 9.94 Å². The Morgan fingerprint density at radius 2 is 1.75 bits per heavy atom. The summed E-state index contributed by atoms with van der Waals surface area (Å²) in [7, 11) is 0. The summed E-state index contributed by atoms with van der Waals surface area (Å²) in [6, 6.07) is 2.54. The third kappa shape index (κ3) is 2.78. The summed E-state index contributed by atoms with van der Waals surface area (Å²) in [5.41, 5.74) is -2.04. The first-order valence-corrected chi connectivity index (χ1v) is 4.94. The van der Waals surface area contributed by atoms with Crippen molar-refractivity contribution < 1.29 is 22.7 Å². The van der Waals surface area contributed by atoms with E-state index in [1.807, 2.05) is 0 Å². The molecule has 0 aliphatic rings. The van der Waals surface area contributed by atoms with Crippen molar-refractivity contribution >= 4 is 23.2 Å². The summed E-state index contributed by atoms with van der Waals surface area (Å²) >= 11 is 10.5. The Morgan fingerprint density at radius 1 is 1.19 bits per heavy atom. The molecule has 16 heavy (non-hydrogen) atoms. The summed E-state index contributed by atoms with van der Waals surface area (Å²) in [5.74, 6) is -1.56. The van der Waals surface area contributed by atoms with Crippen LogP contribution in [0.4, 0.5) is 17.6 Å². The van der Waals surface area contributed by atoms with Gasteiger partial charge in [0.1, 0.15) is 16.8 Å². The highest BCUT2D eigenvalue weighted by atomic mass is 35.5. The molecule has 0 radical (unpaired) electrons. The number of aliphatic hydroxyl groups excluding tert-OH is 1. The first kappa shape index (κ1) is 13.5. The summed E-state index contributed by atoms with van der Waals surface area (Å²) < 4.78 is 50.3. The van der Waals surface area contributed by atoms with Crippen LogP contribution in [0.25, 0.3) is 0 Å². The summed E-state index contributed by atoms with van der Waals surface area (Å²) in [6.45, 7) is 0. The van der Waals surface area contributed by atoms with Gasteiger partial charge in [0.05, 0.1) is 5.56 Å². The maximum absolute atomic E-state index is 13.4. The molecule has 0 aromatic heterocycles. The fraction of sp³-hybridized carbons (Fsp3) is 0.333. The van der Waals surface area contributed by atoms with Crippen LogP contribution >= 0.6 is 23.2 Å². The van der Waals surface area contributed by atoms with E-state index < -0.39 is 34.1 Å². The van der Waals surface area contributed by atoms with Gasteiger partial charge in [0.25, 0.3) is 0 Å². The van der Waals surface area contributed by atoms with E-state index in [4.69, 9.17) is 23.2 Å². The van der Waals surface area contributed by atoms with Crippen molar-refractivity contribution in [3.63, 3.8) is 0 Å². The molecule has 7 heteroatoms. The third-order valence-electron chi connectivity index (χ3n) is 1.89. The van der Waals surface area contributed by atoms with Crippen LogP contribution in [0.5, 0.6) is 0 Å². The standard InChI is InChI=1S/C9H6Cl2F4O/c10-8(11)7(16)4-2-1-3-5(6(4)12)9(13,14)15/h1-3,7-8,16H. The van der Waals surface area contributed by atoms with Crippen molar-refractivity contribution in [3.8, 4) is 0 Å². The molecule has 0 fully saturated rings. The molecule has 1 N–H and O–H groups in total. The normalized spacial score (nSPS) is 14.2. The molecule has 1 rings (SSSR count). The number of aliphatic hydroxyl groups is 1. The second-order valence-corrected chi connectivity index (χ2v) is 4.15. The van der Waals surface area contributed by atoms with Gasteiger partial charge in [-0.05, 0) is 6.07 Å². The number of hydrogen-bond acceptors (Lipinski definition) is 1. The molecule has 0 spiro atoms. The van der Waals surface area contributed by atoms with Crippen molar-refractivity contribution in [1.82, 2.24) is 0 Å². The second-order valence-electron chi connectivity index (χ2n) is 2.99. The molecule has 0 saturated heterocycles. The van der Waals surface area contributed by atoms with Gasteiger partial charge in [-0.25, -0.2) is 4.39 Å². The maximum Gasteiger partial charge on any atom is 0.419 e. The van der Waals surface area contributed by atoms with Crippen LogP contribution in [0.2, 0.25) is 0 Å². The van der Waals surface area contributed by atoms with E-state index in [9.17, 15) is 22.7 Å². The molecule has 1 aromatic rings. The number of rotatable bonds is 2. The maximum atomic E-state index is 13.4. The predicted molar refractivity (Wildman–Crippen MR) is 51.9 cm³/mol. The quantitative estimate of drug-likeness (QED) is 0.645. The molecule has 1 nitrogen and oxygen atoms in total. The Labute approximate surface area is 98.6 Å². The van der Waals surface area contributed by atoms with Gasteiger partial charge in [-0.1, -0.05) is 12.1 Å². The van der Waals surface area contributed by atoms with E-state index in [0.29, 0.717) is 6.07 Å². The van der Waals surface area contributed by atoms with Gasteiger partial charge >= 0.3 is 6.18 Å². The molecular formula is C9H6Cl2F4O. The summed E-state index contributed by atoms with van der Waals surface area (Å²) in [5, 5.41) is 9.30. The minimum absolute atomic E-state index is 0.572. The Balaban J connectivity index is 3.24. The second kappa shape index (κ2) is 4.77. The van der Waals surface area contributed by atoms with Gasteiger partial charge < -0.3 is 5.11 Å². The molecule has 0 bridgehead atoms. The van der Waals surface area contributed by atoms with Gasteiger partial charge in [0.15, 0.2) is 0 Å². The average Bonchev–Trinajstić information content (AvgIpc) is 2.15. The molecule has 0 aliphatic carbocycles. The molecule has 0 amide bonds. The lowest BCUT2D eigenvalue weighted by molar-refractivity contribution is -0.140.